The molecule has 0 bridgehead atoms. The first kappa shape index (κ1) is 10.2. The van der Waals surface area contributed by atoms with E-state index in [2.05, 4.69) is 15.9 Å². The molecule has 2 rings (SSSR count). The molecule has 1 aromatic carbocycles. The lowest BCUT2D eigenvalue weighted by molar-refractivity contribution is 0.415. The van der Waals surface area contributed by atoms with Gasteiger partial charge in [0, 0.05) is 5.39 Å². The van der Waals surface area contributed by atoms with Crippen LogP contribution >= 0.6 is 15.9 Å². The predicted molar refractivity (Wildman–Crippen MR) is 61.5 cm³/mol. The minimum absolute atomic E-state index is 0.372. The van der Waals surface area contributed by atoms with Crippen molar-refractivity contribution in [3.63, 3.8) is 0 Å². The zero-order valence-electron chi connectivity index (χ0n) is 8.33. The fourth-order valence-corrected chi connectivity index (χ4v) is 1.93. The summed E-state index contributed by atoms with van der Waals surface area (Å²) in [5.74, 6) is 1.10. The second-order valence-corrected chi connectivity index (χ2v) is 3.94. The Morgan fingerprint density at radius 3 is 2.80 bits per heavy atom. The van der Waals surface area contributed by atoms with Gasteiger partial charge in [-0.05, 0) is 28.9 Å². The maximum Gasteiger partial charge on any atom is 0.347 e. The number of hydrogen-bond donors (Lipinski definition) is 0. The molecule has 0 spiro atoms. The van der Waals surface area contributed by atoms with Crippen LogP contribution in [-0.2, 0) is 0 Å². The minimum atomic E-state index is -0.372. The van der Waals surface area contributed by atoms with Gasteiger partial charge in [-0.15, -0.1) is 0 Å². The Bertz CT molecular complexity index is 572. The van der Waals surface area contributed by atoms with Gasteiger partial charge in [-0.3, -0.25) is 0 Å². The lowest BCUT2D eigenvalue weighted by atomic mass is 10.1. The zero-order chi connectivity index (χ0) is 11.0. The molecular weight excluding hydrogens is 260 g/mol. The molecule has 78 valence electrons. The summed E-state index contributed by atoms with van der Waals surface area (Å²) in [5.41, 5.74) is -0.372. The van der Waals surface area contributed by atoms with Crippen molar-refractivity contribution in [1.29, 1.82) is 0 Å². The second-order valence-electron chi connectivity index (χ2n) is 3.14. The van der Waals surface area contributed by atoms with Crippen molar-refractivity contribution < 1.29 is 9.15 Å². The average molecular weight is 269 g/mol. The Balaban J connectivity index is 3.02. The largest absolute Gasteiger partial charge is 0.496 e. The van der Waals surface area contributed by atoms with Gasteiger partial charge >= 0.3 is 5.63 Å². The first-order chi connectivity index (χ1) is 7.15. The van der Waals surface area contributed by atoms with Crippen molar-refractivity contribution in [2.75, 3.05) is 7.11 Å². The number of fused-ring (bicyclic) bond motifs is 1. The molecule has 0 radical (unpaired) electrons. The van der Waals surface area contributed by atoms with E-state index in [1.807, 2.05) is 12.1 Å². The number of rotatable bonds is 1. The quantitative estimate of drug-likeness (QED) is 0.799. The van der Waals surface area contributed by atoms with E-state index < -0.39 is 0 Å². The summed E-state index contributed by atoms with van der Waals surface area (Å²) in [6.45, 7) is 1.74. The molecule has 0 unspecified atom stereocenters. The van der Waals surface area contributed by atoms with Crippen LogP contribution in [0.4, 0.5) is 0 Å². The minimum Gasteiger partial charge on any atom is -0.496 e. The average Bonchev–Trinajstić information content (AvgIpc) is 2.25. The van der Waals surface area contributed by atoms with Crippen LogP contribution in [0.1, 0.15) is 5.76 Å². The van der Waals surface area contributed by atoms with Gasteiger partial charge in [0.25, 0.3) is 0 Å². The lowest BCUT2D eigenvalue weighted by Crippen LogP contribution is -2.03. The van der Waals surface area contributed by atoms with Gasteiger partial charge in [0.05, 0.1) is 11.6 Å². The molecule has 1 heterocycles. The van der Waals surface area contributed by atoms with Crippen molar-refractivity contribution in [3.05, 3.63) is 38.9 Å². The Kier molecular flexibility index (Phi) is 2.52. The van der Waals surface area contributed by atoms with Gasteiger partial charge in [-0.25, -0.2) is 4.79 Å². The third-order valence-electron chi connectivity index (χ3n) is 2.24. The van der Waals surface area contributed by atoms with Gasteiger partial charge in [-0.2, -0.15) is 0 Å². The standard InChI is InChI=1S/C11H9BrO3/c1-6-10(12)7-4-3-5-8(14-2)9(7)11(13)15-6/h3-5H,1-2H3. The van der Waals surface area contributed by atoms with Crippen molar-refractivity contribution in [2.24, 2.45) is 0 Å². The molecule has 3 nitrogen and oxygen atoms in total. The molecule has 0 amide bonds. The fourth-order valence-electron chi connectivity index (χ4n) is 1.52. The summed E-state index contributed by atoms with van der Waals surface area (Å²) in [5, 5.41) is 1.28. The molecule has 0 aliphatic carbocycles. The van der Waals surface area contributed by atoms with Crippen LogP contribution in [0.5, 0.6) is 5.75 Å². The lowest BCUT2D eigenvalue weighted by Gasteiger charge is -2.06. The molecule has 0 N–H and O–H groups in total. The summed E-state index contributed by atoms with van der Waals surface area (Å²) < 4.78 is 11.0. The third-order valence-corrected chi connectivity index (χ3v) is 3.23. The Hall–Kier alpha value is -1.29. The molecule has 0 atom stereocenters. The zero-order valence-corrected chi connectivity index (χ0v) is 9.92. The number of methoxy groups -OCH3 is 1. The SMILES string of the molecule is COc1cccc2c(Br)c(C)oc(=O)c12. The maximum absolute atomic E-state index is 11.7. The third kappa shape index (κ3) is 1.55. The number of ether oxygens (including phenoxy) is 1. The highest BCUT2D eigenvalue weighted by Gasteiger charge is 2.12. The summed E-state index contributed by atoms with van der Waals surface area (Å²) >= 11 is 3.39. The molecule has 0 saturated heterocycles. The normalized spacial score (nSPS) is 10.6. The molecule has 0 saturated carbocycles. The number of hydrogen-bond acceptors (Lipinski definition) is 3. The van der Waals surface area contributed by atoms with E-state index in [1.54, 1.807) is 13.0 Å². The summed E-state index contributed by atoms with van der Waals surface area (Å²) in [6, 6.07) is 5.43. The smallest absolute Gasteiger partial charge is 0.347 e. The maximum atomic E-state index is 11.7. The van der Waals surface area contributed by atoms with Crippen LogP contribution in [0.2, 0.25) is 0 Å². The molecule has 1 aromatic heterocycles. The second kappa shape index (κ2) is 3.70. The van der Waals surface area contributed by atoms with E-state index in [0.717, 1.165) is 9.86 Å². The Labute approximate surface area is 94.8 Å². The molecular formula is C11H9BrO3. The van der Waals surface area contributed by atoms with Crippen LogP contribution in [0, 0.1) is 6.92 Å². The van der Waals surface area contributed by atoms with Gasteiger partial charge in [0.15, 0.2) is 0 Å². The first-order valence-electron chi connectivity index (χ1n) is 4.41. The van der Waals surface area contributed by atoms with E-state index in [0.29, 0.717) is 16.9 Å². The van der Waals surface area contributed by atoms with Crippen LogP contribution in [0.25, 0.3) is 10.8 Å². The van der Waals surface area contributed by atoms with Gasteiger partial charge in [0.1, 0.15) is 16.9 Å². The highest BCUT2D eigenvalue weighted by atomic mass is 79.9. The van der Waals surface area contributed by atoms with Gasteiger partial charge < -0.3 is 9.15 Å². The highest BCUT2D eigenvalue weighted by Crippen LogP contribution is 2.29. The molecule has 0 fully saturated rings. The molecule has 4 heteroatoms. The van der Waals surface area contributed by atoms with Crippen LogP contribution in [0.15, 0.2) is 31.9 Å². The number of benzene rings is 1. The topological polar surface area (TPSA) is 39.4 Å². The number of aryl methyl sites for hydroxylation is 1. The summed E-state index contributed by atoms with van der Waals surface area (Å²) in [6.07, 6.45) is 0. The van der Waals surface area contributed by atoms with Crippen molar-refractivity contribution in [3.8, 4) is 5.75 Å². The Morgan fingerprint density at radius 2 is 2.13 bits per heavy atom. The monoisotopic (exact) mass is 268 g/mol. The van der Waals surface area contributed by atoms with Crippen LogP contribution < -0.4 is 10.4 Å². The van der Waals surface area contributed by atoms with Crippen LogP contribution in [0.3, 0.4) is 0 Å². The van der Waals surface area contributed by atoms with E-state index in [9.17, 15) is 4.79 Å². The predicted octanol–water partition coefficient (Wildman–Crippen LogP) is 2.87. The molecule has 2 aromatic rings. The molecule has 15 heavy (non-hydrogen) atoms. The van der Waals surface area contributed by atoms with Crippen molar-refractivity contribution in [1.82, 2.24) is 0 Å². The Morgan fingerprint density at radius 1 is 1.40 bits per heavy atom. The number of halogens is 1. The highest BCUT2D eigenvalue weighted by molar-refractivity contribution is 9.10. The summed E-state index contributed by atoms with van der Waals surface area (Å²) in [4.78, 5) is 11.7. The van der Waals surface area contributed by atoms with E-state index >= 15 is 0 Å². The molecule has 0 aliphatic rings. The first-order valence-corrected chi connectivity index (χ1v) is 5.20. The van der Waals surface area contributed by atoms with Gasteiger partial charge in [-0.1, -0.05) is 12.1 Å². The van der Waals surface area contributed by atoms with Crippen molar-refractivity contribution in [2.45, 2.75) is 6.92 Å². The van der Waals surface area contributed by atoms with E-state index in [4.69, 9.17) is 9.15 Å². The molecule has 0 aliphatic heterocycles. The van der Waals surface area contributed by atoms with Crippen LogP contribution in [-0.4, -0.2) is 7.11 Å². The fraction of sp³-hybridized carbons (Fsp3) is 0.182. The van der Waals surface area contributed by atoms with Crippen molar-refractivity contribution >= 4 is 26.7 Å². The summed E-state index contributed by atoms with van der Waals surface area (Å²) in [7, 11) is 1.53. The van der Waals surface area contributed by atoms with Gasteiger partial charge in [0.2, 0.25) is 0 Å². The van der Waals surface area contributed by atoms with E-state index in [1.165, 1.54) is 7.11 Å². The van der Waals surface area contributed by atoms with E-state index in [-0.39, 0.29) is 5.63 Å².